The van der Waals surface area contributed by atoms with Crippen molar-refractivity contribution in [3.05, 3.63) is 24.3 Å². The molecule has 0 saturated carbocycles. The van der Waals surface area contributed by atoms with Crippen LogP contribution in [0.15, 0.2) is 24.3 Å². The van der Waals surface area contributed by atoms with Crippen molar-refractivity contribution in [3.63, 3.8) is 0 Å². The molecule has 0 atom stereocenters. The van der Waals surface area contributed by atoms with Gasteiger partial charge in [-0.15, -0.1) is 0 Å². The summed E-state index contributed by atoms with van der Waals surface area (Å²) in [6.45, 7) is 4.53. The minimum atomic E-state index is -0.342. The Hall–Kier alpha value is 0.620. The molecule has 0 aliphatic rings. The van der Waals surface area contributed by atoms with Gasteiger partial charge in [0.05, 0.1) is 0 Å². The Morgan fingerprint density at radius 3 is 0.927 bits per heavy atom. The van der Waals surface area contributed by atoms with Crippen molar-refractivity contribution in [3.8, 4) is 0 Å². The number of ether oxygens (including phenoxy) is 1. The Morgan fingerprint density at radius 1 is 0.390 bits per heavy atom. The van der Waals surface area contributed by atoms with Crippen LogP contribution in [0.1, 0.15) is 194 Å². The van der Waals surface area contributed by atoms with E-state index in [0.717, 1.165) is 38.5 Å². The summed E-state index contributed by atoms with van der Waals surface area (Å²) in [6, 6.07) is 0. The average Bonchev–Trinajstić information content (AvgIpc) is 2.93. The van der Waals surface area contributed by atoms with Crippen LogP contribution < -0.4 is 0 Å². The van der Waals surface area contributed by atoms with Crippen LogP contribution in [0, 0.1) is 0 Å². The molecule has 0 rings (SSSR count). The molecule has 0 radical (unpaired) electrons. The molecule has 232 valence electrons. The zero-order valence-electron chi connectivity index (χ0n) is 26.3. The van der Waals surface area contributed by atoms with E-state index in [1.54, 1.807) is 0 Å². The van der Waals surface area contributed by atoms with Crippen LogP contribution in [0.2, 0.25) is 0 Å². The van der Waals surface area contributed by atoms with Gasteiger partial charge in [-0.3, -0.25) is 9.59 Å². The number of allylic oxidation sites excluding steroid dienone is 4. The first kappa shape index (κ1) is 46.0. The molecule has 0 aromatic heterocycles. The summed E-state index contributed by atoms with van der Waals surface area (Å²) in [5, 5.41) is 0. The first-order valence-corrected chi connectivity index (χ1v) is 17.2. The van der Waals surface area contributed by atoms with E-state index in [1.165, 1.54) is 128 Å². The van der Waals surface area contributed by atoms with Crippen molar-refractivity contribution in [1.29, 1.82) is 0 Å². The molecule has 0 amide bonds. The van der Waals surface area contributed by atoms with Gasteiger partial charge in [0.1, 0.15) is 0 Å². The molecule has 41 heavy (non-hydrogen) atoms. The van der Waals surface area contributed by atoms with Gasteiger partial charge in [-0.25, -0.2) is 0 Å². The summed E-state index contributed by atoms with van der Waals surface area (Å²) in [6.07, 6.45) is 42.2. The van der Waals surface area contributed by atoms with Gasteiger partial charge in [-0.2, -0.15) is 0 Å². The number of rotatable bonds is 30. The number of esters is 2. The fourth-order valence-corrected chi connectivity index (χ4v) is 4.91. The molecule has 0 aromatic rings. The number of hydrogen-bond acceptors (Lipinski definition) is 3. The summed E-state index contributed by atoms with van der Waals surface area (Å²) in [5.41, 5.74) is 0. The summed E-state index contributed by atoms with van der Waals surface area (Å²) in [5.74, 6) is -0.684. The molecule has 0 aliphatic carbocycles. The van der Waals surface area contributed by atoms with E-state index >= 15 is 0 Å². The molecule has 0 unspecified atom stereocenters. The van der Waals surface area contributed by atoms with Crippen LogP contribution in [0.4, 0.5) is 0 Å². The number of hydrogen-bond donors (Lipinski definition) is 0. The Kier molecular flexibility index (Phi) is 45.6. The van der Waals surface area contributed by atoms with E-state index in [2.05, 4.69) is 38.2 Å². The van der Waals surface area contributed by atoms with Gasteiger partial charge >= 0.3 is 71.1 Å². The first-order valence-electron chi connectivity index (χ1n) is 17.2. The van der Waals surface area contributed by atoms with E-state index in [-0.39, 0.29) is 71.1 Å². The van der Waals surface area contributed by atoms with Gasteiger partial charge in [0.15, 0.2) is 0 Å². The molecule has 0 aromatic carbocycles. The van der Waals surface area contributed by atoms with E-state index in [1.807, 2.05) is 0 Å². The fourth-order valence-electron chi connectivity index (χ4n) is 4.91. The van der Waals surface area contributed by atoms with Gasteiger partial charge in [0.2, 0.25) is 0 Å². The number of carbonyl (C=O) groups excluding carboxylic acids is 2. The zero-order chi connectivity index (χ0) is 28.5. The third-order valence-electron chi connectivity index (χ3n) is 7.51. The fraction of sp³-hybridized carbons (Fsp3) is 0.833. The van der Waals surface area contributed by atoms with E-state index < -0.39 is 0 Å². The Morgan fingerprint density at radius 2 is 0.634 bits per heavy atom. The maximum absolute atomic E-state index is 11.9. The molecular weight excluding hydrogens is 526 g/mol. The third kappa shape index (κ3) is 40.6. The van der Waals surface area contributed by atoms with Crippen LogP contribution in [0.25, 0.3) is 0 Å². The molecule has 0 bridgehead atoms. The quantitative estimate of drug-likeness (QED) is 0.0273. The predicted octanol–water partition coefficient (Wildman–Crippen LogP) is 10.8. The number of unbranched alkanes of at least 4 members (excludes halogenated alkanes) is 22. The molecule has 0 saturated heterocycles. The van der Waals surface area contributed by atoms with Gasteiger partial charge in [-0.1, -0.05) is 141 Å². The molecular formula is C36H68Na2O3. The molecule has 5 heteroatoms. The second kappa shape index (κ2) is 40.6. The summed E-state index contributed by atoms with van der Waals surface area (Å²) < 4.78 is 4.99. The van der Waals surface area contributed by atoms with Crippen molar-refractivity contribution in [2.24, 2.45) is 0 Å². The first-order chi connectivity index (χ1) is 19.2. The Labute approximate surface area is 300 Å². The van der Waals surface area contributed by atoms with Gasteiger partial charge < -0.3 is 4.74 Å². The standard InChI is InChI=1S/C36H66O3.2Na.2H/c1-3-5-7-9-11-13-15-17-19-21-23-25-27-29-31-33-35(37)39-36(38)34-32-30-28-26-24-22-20-18-16-14-12-10-8-6-4-2;;;;/h17-20H,3-16,21-34H2,1-2H3;;;;/b19-17-,20-18-;;;;. The van der Waals surface area contributed by atoms with Gasteiger partial charge in [-0.05, 0) is 64.2 Å². The monoisotopic (exact) mass is 594 g/mol. The zero-order valence-corrected chi connectivity index (χ0v) is 26.3. The van der Waals surface area contributed by atoms with Crippen LogP contribution in [-0.2, 0) is 14.3 Å². The SMILES string of the molecule is CCCCCCCC/C=C\CCCCCCCC(=O)OC(=O)CCCCCCC/C=C\CCCCCCCC.[NaH].[NaH]. The molecule has 0 N–H and O–H groups in total. The molecule has 0 fully saturated rings. The van der Waals surface area contributed by atoms with E-state index in [0.29, 0.717) is 12.8 Å². The van der Waals surface area contributed by atoms with Crippen molar-refractivity contribution < 1.29 is 14.3 Å². The number of carbonyl (C=O) groups is 2. The predicted molar refractivity (Wildman–Crippen MR) is 184 cm³/mol. The molecule has 0 heterocycles. The summed E-state index contributed by atoms with van der Waals surface area (Å²) in [7, 11) is 0. The van der Waals surface area contributed by atoms with Gasteiger partial charge in [0, 0.05) is 12.8 Å². The Balaban J connectivity index is -0.00000722. The van der Waals surface area contributed by atoms with Crippen molar-refractivity contribution in [2.75, 3.05) is 0 Å². The second-order valence-electron chi connectivity index (χ2n) is 11.5. The van der Waals surface area contributed by atoms with Crippen LogP contribution in [0.3, 0.4) is 0 Å². The van der Waals surface area contributed by atoms with Crippen LogP contribution in [-0.4, -0.2) is 71.1 Å². The van der Waals surface area contributed by atoms with Crippen LogP contribution in [0.5, 0.6) is 0 Å². The summed E-state index contributed by atoms with van der Waals surface area (Å²) >= 11 is 0. The van der Waals surface area contributed by atoms with Crippen molar-refractivity contribution in [1.82, 2.24) is 0 Å². The average molecular weight is 595 g/mol. The molecule has 3 nitrogen and oxygen atoms in total. The topological polar surface area (TPSA) is 43.4 Å². The third-order valence-corrected chi connectivity index (χ3v) is 7.51. The normalized spacial score (nSPS) is 11.1. The molecule has 0 spiro atoms. The maximum atomic E-state index is 11.9. The minimum absolute atomic E-state index is 0. The van der Waals surface area contributed by atoms with Crippen LogP contribution >= 0.6 is 0 Å². The molecule has 0 aliphatic heterocycles. The van der Waals surface area contributed by atoms with Crippen molar-refractivity contribution >= 4 is 71.1 Å². The Bertz CT molecular complexity index is 539. The van der Waals surface area contributed by atoms with Crippen molar-refractivity contribution in [2.45, 2.75) is 194 Å². The second-order valence-corrected chi connectivity index (χ2v) is 11.5. The van der Waals surface area contributed by atoms with Gasteiger partial charge in [0.25, 0.3) is 0 Å². The summed E-state index contributed by atoms with van der Waals surface area (Å²) in [4.78, 5) is 23.8. The van der Waals surface area contributed by atoms with E-state index in [4.69, 9.17) is 4.74 Å². The van der Waals surface area contributed by atoms with E-state index in [9.17, 15) is 9.59 Å².